The molecule has 0 spiro atoms. The second-order valence-electron chi connectivity index (χ2n) is 8.53. The quantitative estimate of drug-likeness (QED) is 0.375. The molecule has 8 nitrogen and oxygen atoms in total. The summed E-state index contributed by atoms with van der Waals surface area (Å²) in [5.74, 6) is -1.34. The molecule has 0 saturated heterocycles. The first-order valence-electron chi connectivity index (χ1n) is 11.7. The Morgan fingerprint density at radius 3 is 1.92 bits per heavy atom. The molecule has 0 aromatic heterocycles. The van der Waals surface area contributed by atoms with Crippen molar-refractivity contribution in [2.75, 3.05) is 0 Å². The third-order valence-electron chi connectivity index (χ3n) is 5.86. The summed E-state index contributed by atoms with van der Waals surface area (Å²) in [7, 11) is -8.71. The van der Waals surface area contributed by atoms with Crippen LogP contribution in [0.3, 0.4) is 0 Å². The molecular weight excluding hydrogens is 504 g/mol. The van der Waals surface area contributed by atoms with E-state index in [2.05, 4.69) is 0 Å². The fourth-order valence-corrected chi connectivity index (χ4v) is 8.63. The third kappa shape index (κ3) is 6.41. The maximum Gasteiger partial charge on any atom is 0.338 e. The van der Waals surface area contributed by atoms with Crippen molar-refractivity contribution >= 4 is 31.6 Å². The molecule has 0 fully saturated rings. The van der Waals surface area contributed by atoms with Gasteiger partial charge in [0.25, 0.3) is 0 Å². The molecule has 1 heterocycles. The largest absolute Gasteiger partial charge is 0.457 e. The Labute approximate surface area is 212 Å². The fourth-order valence-electron chi connectivity index (χ4n) is 4.06. The Morgan fingerprint density at radius 1 is 0.917 bits per heavy atom. The molecular formula is C26H30O8S2. The van der Waals surface area contributed by atoms with Crippen LogP contribution in [0.1, 0.15) is 46.0 Å². The van der Waals surface area contributed by atoms with Crippen LogP contribution in [-0.2, 0) is 38.7 Å². The zero-order valence-electron chi connectivity index (χ0n) is 20.2. The van der Waals surface area contributed by atoms with Gasteiger partial charge in [-0.3, -0.25) is 4.79 Å². The number of sulfone groups is 2. The molecule has 0 aliphatic carbocycles. The number of carbonyl (C=O) groups excluding carboxylic acids is 2. The highest BCUT2D eigenvalue weighted by atomic mass is 32.3. The van der Waals surface area contributed by atoms with Crippen LogP contribution in [0.15, 0.2) is 82.1 Å². The van der Waals surface area contributed by atoms with Crippen molar-refractivity contribution in [1.29, 1.82) is 0 Å². The van der Waals surface area contributed by atoms with E-state index < -0.39 is 54.8 Å². The van der Waals surface area contributed by atoms with Gasteiger partial charge in [0.1, 0.15) is 12.2 Å². The minimum Gasteiger partial charge on any atom is -0.457 e. The van der Waals surface area contributed by atoms with Crippen LogP contribution in [0.25, 0.3) is 0 Å². The zero-order chi connectivity index (χ0) is 26.3. The maximum absolute atomic E-state index is 13.5. The van der Waals surface area contributed by atoms with Crippen LogP contribution in [-0.4, -0.2) is 45.6 Å². The number of hydrogen-bond acceptors (Lipinski definition) is 8. The SMILES string of the molecule is CCCCC1C=C(C(CCC(S(=O)(=O)c2ccccc2)S(=O)(=O)c2ccccc2)OC(C)=O)C(=O)O1. The lowest BCUT2D eigenvalue weighted by atomic mass is 10.0. The number of benzene rings is 2. The molecule has 2 aromatic rings. The van der Waals surface area contributed by atoms with E-state index >= 15 is 0 Å². The van der Waals surface area contributed by atoms with Crippen molar-refractivity contribution in [2.24, 2.45) is 0 Å². The summed E-state index contributed by atoms with van der Waals surface area (Å²) < 4.78 is 63.0. The van der Waals surface area contributed by atoms with Gasteiger partial charge in [0.05, 0.1) is 15.4 Å². The highest BCUT2D eigenvalue weighted by Gasteiger charge is 2.41. The first-order valence-corrected chi connectivity index (χ1v) is 14.8. The van der Waals surface area contributed by atoms with Crippen LogP contribution >= 0.6 is 0 Å². The van der Waals surface area contributed by atoms with Crippen LogP contribution in [0.5, 0.6) is 0 Å². The van der Waals surface area contributed by atoms with Crippen molar-refractivity contribution in [1.82, 2.24) is 0 Å². The van der Waals surface area contributed by atoms with Crippen LogP contribution in [0, 0.1) is 0 Å². The number of carbonyl (C=O) groups is 2. The standard InChI is InChI=1S/C26H30O8S2/c1-3-4-11-20-18-23(26(28)34-20)24(33-19(2)27)16-17-25(35(29,30)21-12-7-5-8-13-21)36(31,32)22-14-9-6-10-15-22/h5-10,12-15,18,20,24-25H,3-4,11,16-17H2,1-2H3. The maximum atomic E-state index is 13.5. The monoisotopic (exact) mass is 534 g/mol. The molecule has 2 atom stereocenters. The molecule has 3 rings (SSSR count). The summed E-state index contributed by atoms with van der Waals surface area (Å²) in [4.78, 5) is 24.1. The van der Waals surface area contributed by atoms with Gasteiger partial charge in [-0.05, 0) is 56.0 Å². The molecule has 0 amide bonds. The molecule has 0 saturated carbocycles. The topological polar surface area (TPSA) is 121 Å². The summed E-state index contributed by atoms with van der Waals surface area (Å²) in [6.07, 6.45) is 1.70. The molecule has 1 aliphatic heterocycles. The molecule has 1 aliphatic rings. The second-order valence-corrected chi connectivity index (χ2v) is 13.1. The summed E-state index contributed by atoms with van der Waals surface area (Å²) in [6, 6.07) is 14.6. The first kappa shape index (κ1) is 27.6. The van der Waals surface area contributed by atoms with Gasteiger partial charge in [0, 0.05) is 6.92 Å². The second kappa shape index (κ2) is 11.8. The molecule has 0 N–H and O–H groups in total. The summed E-state index contributed by atoms with van der Waals surface area (Å²) in [5.41, 5.74) is 0.0965. The lowest BCUT2D eigenvalue weighted by Gasteiger charge is -2.22. The van der Waals surface area contributed by atoms with Crippen molar-refractivity contribution in [2.45, 2.75) is 72.5 Å². The predicted octanol–water partition coefficient (Wildman–Crippen LogP) is 4.01. The van der Waals surface area contributed by atoms with Gasteiger partial charge in [-0.2, -0.15) is 0 Å². The smallest absolute Gasteiger partial charge is 0.338 e. The van der Waals surface area contributed by atoms with E-state index in [1.807, 2.05) is 6.92 Å². The minimum absolute atomic E-state index is 0.0965. The van der Waals surface area contributed by atoms with E-state index in [1.165, 1.54) is 55.5 Å². The van der Waals surface area contributed by atoms with Crippen LogP contribution in [0.4, 0.5) is 0 Å². The van der Waals surface area contributed by atoms with Crippen molar-refractivity contribution in [3.05, 3.63) is 72.3 Å². The van der Waals surface area contributed by atoms with Crippen molar-refractivity contribution in [3.8, 4) is 0 Å². The molecule has 0 radical (unpaired) electrons. The Kier molecular flexibility index (Phi) is 9.08. The number of hydrogen-bond donors (Lipinski definition) is 0. The number of cyclic esters (lactones) is 1. The van der Waals surface area contributed by atoms with Crippen LogP contribution in [0.2, 0.25) is 0 Å². The zero-order valence-corrected chi connectivity index (χ0v) is 21.8. The lowest BCUT2D eigenvalue weighted by Crippen LogP contribution is -2.33. The average molecular weight is 535 g/mol. The average Bonchev–Trinajstić information content (AvgIpc) is 3.23. The van der Waals surface area contributed by atoms with Gasteiger partial charge in [0.2, 0.25) is 0 Å². The molecule has 2 unspecified atom stereocenters. The lowest BCUT2D eigenvalue weighted by molar-refractivity contribution is -0.147. The summed E-state index contributed by atoms with van der Waals surface area (Å²) in [5, 5.41) is 0. The third-order valence-corrected chi connectivity index (χ3v) is 11.1. The fraction of sp³-hybridized carbons (Fsp3) is 0.385. The Balaban J connectivity index is 1.98. The summed E-state index contributed by atoms with van der Waals surface area (Å²) in [6.45, 7) is 3.17. The Bertz CT molecular complexity index is 1230. The first-order chi connectivity index (χ1) is 17.1. The van der Waals surface area contributed by atoms with Gasteiger partial charge < -0.3 is 9.47 Å². The van der Waals surface area contributed by atoms with E-state index in [0.717, 1.165) is 12.8 Å². The van der Waals surface area contributed by atoms with E-state index in [-0.39, 0.29) is 21.8 Å². The van der Waals surface area contributed by atoms with E-state index in [4.69, 9.17) is 9.47 Å². The highest BCUT2D eigenvalue weighted by molar-refractivity contribution is 8.09. The van der Waals surface area contributed by atoms with E-state index in [0.29, 0.717) is 6.42 Å². The van der Waals surface area contributed by atoms with Gasteiger partial charge in [-0.25, -0.2) is 21.6 Å². The predicted molar refractivity (Wildman–Crippen MR) is 133 cm³/mol. The highest BCUT2D eigenvalue weighted by Crippen LogP contribution is 2.32. The number of rotatable bonds is 12. The number of esters is 2. The van der Waals surface area contributed by atoms with E-state index in [1.54, 1.807) is 18.2 Å². The van der Waals surface area contributed by atoms with Crippen molar-refractivity contribution in [3.63, 3.8) is 0 Å². The molecule has 36 heavy (non-hydrogen) atoms. The molecule has 2 aromatic carbocycles. The Morgan fingerprint density at radius 2 is 1.44 bits per heavy atom. The minimum atomic E-state index is -4.35. The van der Waals surface area contributed by atoms with Gasteiger partial charge in [0.15, 0.2) is 24.3 Å². The van der Waals surface area contributed by atoms with Gasteiger partial charge in [-0.1, -0.05) is 49.7 Å². The van der Waals surface area contributed by atoms with Crippen molar-refractivity contribution < 1.29 is 35.9 Å². The molecule has 194 valence electrons. The molecule has 0 bridgehead atoms. The number of ether oxygens (including phenoxy) is 2. The molecule has 10 heteroatoms. The number of unbranched alkanes of at least 4 members (excludes halogenated alkanes) is 1. The Hall–Kier alpha value is -2.98. The van der Waals surface area contributed by atoms with Gasteiger partial charge in [-0.15, -0.1) is 0 Å². The van der Waals surface area contributed by atoms with E-state index in [9.17, 15) is 26.4 Å². The van der Waals surface area contributed by atoms with Crippen LogP contribution < -0.4 is 0 Å². The van der Waals surface area contributed by atoms with Gasteiger partial charge >= 0.3 is 11.9 Å². The normalized spacial score (nSPS) is 16.9. The summed E-state index contributed by atoms with van der Waals surface area (Å²) >= 11 is 0.